The Kier molecular flexibility index (Phi) is 3.16. The van der Waals surface area contributed by atoms with E-state index in [1.165, 1.54) is 0 Å². The second kappa shape index (κ2) is 4.63. The van der Waals surface area contributed by atoms with Crippen molar-refractivity contribution in [3.8, 4) is 5.69 Å². The Morgan fingerprint density at radius 1 is 1.32 bits per heavy atom. The first kappa shape index (κ1) is 12.9. The lowest BCUT2D eigenvalue weighted by molar-refractivity contribution is 0.0596. The van der Waals surface area contributed by atoms with E-state index in [9.17, 15) is 18.0 Å². The fraction of sp³-hybridized carbons (Fsp3) is 0.0909. The van der Waals surface area contributed by atoms with E-state index in [1.807, 2.05) is 0 Å². The van der Waals surface area contributed by atoms with E-state index >= 15 is 0 Å². The molecule has 0 spiro atoms. The average molecular weight is 271 g/mol. The monoisotopic (exact) mass is 271 g/mol. The van der Waals surface area contributed by atoms with Gasteiger partial charge in [0.2, 0.25) is 0 Å². The first-order valence-electron chi connectivity index (χ1n) is 5.02. The predicted octanol–water partition coefficient (Wildman–Crippen LogP) is 1.66. The number of halogens is 3. The van der Waals surface area contributed by atoms with Gasteiger partial charge in [-0.1, -0.05) is 0 Å². The molecule has 0 radical (unpaired) electrons. The Morgan fingerprint density at radius 2 is 2.00 bits per heavy atom. The quantitative estimate of drug-likeness (QED) is 0.666. The number of nitrogen functional groups attached to an aromatic ring is 1. The van der Waals surface area contributed by atoms with Gasteiger partial charge in [0.05, 0.1) is 12.8 Å². The number of hydrogen-bond acceptors (Lipinski definition) is 4. The summed E-state index contributed by atoms with van der Waals surface area (Å²) in [7, 11) is 1.12. The number of nitrogens with zero attached hydrogens (tertiary/aromatic N) is 2. The molecule has 0 aliphatic heterocycles. The molecule has 0 bridgehead atoms. The van der Waals surface area contributed by atoms with Crippen LogP contribution in [0.25, 0.3) is 5.69 Å². The number of carbonyl (C=O) groups excluding carboxylic acids is 1. The zero-order valence-electron chi connectivity index (χ0n) is 9.65. The van der Waals surface area contributed by atoms with Gasteiger partial charge in [0, 0.05) is 0 Å². The molecule has 0 saturated heterocycles. The summed E-state index contributed by atoms with van der Waals surface area (Å²) in [5, 5.41) is 0. The summed E-state index contributed by atoms with van der Waals surface area (Å²) in [6.45, 7) is 0. The number of benzene rings is 1. The molecule has 0 aliphatic carbocycles. The smallest absolute Gasteiger partial charge is 0.360 e. The van der Waals surface area contributed by atoms with E-state index in [1.54, 1.807) is 0 Å². The average Bonchev–Trinajstić information content (AvgIpc) is 2.77. The van der Waals surface area contributed by atoms with Gasteiger partial charge >= 0.3 is 5.97 Å². The molecule has 100 valence electrons. The van der Waals surface area contributed by atoms with Crippen molar-refractivity contribution >= 4 is 11.8 Å². The van der Waals surface area contributed by atoms with Crippen LogP contribution >= 0.6 is 0 Å². The highest BCUT2D eigenvalue weighted by molar-refractivity contribution is 5.92. The molecule has 1 aromatic carbocycles. The number of aromatic nitrogens is 2. The van der Waals surface area contributed by atoms with Gasteiger partial charge in [-0.15, -0.1) is 0 Å². The molecular weight excluding hydrogens is 263 g/mol. The first-order valence-corrected chi connectivity index (χ1v) is 5.02. The zero-order chi connectivity index (χ0) is 14.2. The van der Waals surface area contributed by atoms with Crippen LogP contribution in [0.2, 0.25) is 0 Å². The number of hydrogen-bond donors (Lipinski definition) is 1. The molecule has 0 saturated carbocycles. The number of esters is 1. The Labute approximate surface area is 105 Å². The van der Waals surface area contributed by atoms with Crippen LogP contribution in [0.3, 0.4) is 0 Å². The predicted molar refractivity (Wildman–Crippen MR) is 59.2 cm³/mol. The fourth-order valence-corrected chi connectivity index (χ4v) is 1.51. The summed E-state index contributed by atoms with van der Waals surface area (Å²) in [4.78, 5) is 14.9. The number of nitrogens with two attached hydrogens (primary N) is 1. The van der Waals surface area contributed by atoms with E-state index < -0.39 is 23.4 Å². The SMILES string of the molecule is COC(=O)c1ncn(-c2ccc(F)c(F)c2F)c1N. The van der Waals surface area contributed by atoms with Crippen LogP contribution in [0, 0.1) is 17.5 Å². The van der Waals surface area contributed by atoms with Crippen LogP contribution in [0.15, 0.2) is 18.5 Å². The number of ether oxygens (including phenoxy) is 1. The molecule has 2 N–H and O–H groups in total. The largest absolute Gasteiger partial charge is 0.464 e. The first-order chi connectivity index (χ1) is 8.97. The van der Waals surface area contributed by atoms with Crippen molar-refractivity contribution in [2.75, 3.05) is 12.8 Å². The molecule has 19 heavy (non-hydrogen) atoms. The van der Waals surface area contributed by atoms with Gasteiger partial charge in [-0.2, -0.15) is 0 Å². The van der Waals surface area contributed by atoms with Gasteiger partial charge in [0.25, 0.3) is 0 Å². The van der Waals surface area contributed by atoms with Crippen molar-refractivity contribution in [3.63, 3.8) is 0 Å². The minimum absolute atomic E-state index is 0.239. The van der Waals surface area contributed by atoms with Crippen LogP contribution in [0.5, 0.6) is 0 Å². The molecule has 1 heterocycles. The molecular formula is C11H8F3N3O2. The number of carbonyl (C=O) groups is 1. The maximum absolute atomic E-state index is 13.6. The Bertz CT molecular complexity index is 655. The molecule has 0 fully saturated rings. The molecule has 0 atom stereocenters. The van der Waals surface area contributed by atoms with E-state index in [2.05, 4.69) is 9.72 Å². The van der Waals surface area contributed by atoms with Gasteiger partial charge in [0.15, 0.2) is 23.1 Å². The molecule has 5 nitrogen and oxygen atoms in total. The summed E-state index contributed by atoms with van der Waals surface area (Å²) >= 11 is 0. The van der Waals surface area contributed by atoms with Gasteiger partial charge in [-0.25, -0.2) is 22.9 Å². The fourth-order valence-electron chi connectivity index (χ4n) is 1.51. The molecule has 2 aromatic rings. The van der Waals surface area contributed by atoms with Crippen molar-refractivity contribution in [2.24, 2.45) is 0 Å². The molecule has 8 heteroatoms. The molecule has 2 rings (SSSR count). The summed E-state index contributed by atoms with van der Waals surface area (Å²) in [6.07, 6.45) is 1.01. The molecule has 0 unspecified atom stereocenters. The summed E-state index contributed by atoms with van der Waals surface area (Å²) in [6, 6.07) is 1.72. The number of anilines is 1. The van der Waals surface area contributed by atoms with E-state index in [0.29, 0.717) is 0 Å². The number of rotatable bonds is 2. The zero-order valence-corrected chi connectivity index (χ0v) is 9.65. The minimum Gasteiger partial charge on any atom is -0.464 e. The second-order valence-electron chi connectivity index (χ2n) is 3.53. The third-order valence-corrected chi connectivity index (χ3v) is 2.46. The van der Waals surface area contributed by atoms with E-state index in [4.69, 9.17) is 5.73 Å². The standard InChI is InChI=1S/C11H8F3N3O2/c1-19-11(18)9-10(15)17(4-16-9)6-3-2-5(12)7(13)8(6)14/h2-4H,15H2,1H3. The molecule has 1 aromatic heterocycles. The van der Waals surface area contributed by atoms with Crippen molar-refractivity contribution in [1.29, 1.82) is 0 Å². The topological polar surface area (TPSA) is 70.1 Å². The molecule has 0 aliphatic rings. The minimum atomic E-state index is -1.63. The lowest BCUT2D eigenvalue weighted by atomic mass is 10.2. The lowest BCUT2D eigenvalue weighted by Gasteiger charge is -2.07. The Hall–Kier alpha value is -2.51. The van der Waals surface area contributed by atoms with Crippen molar-refractivity contribution in [1.82, 2.24) is 9.55 Å². The van der Waals surface area contributed by atoms with Gasteiger partial charge in [-0.05, 0) is 12.1 Å². The van der Waals surface area contributed by atoms with Crippen molar-refractivity contribution in [2.45, 2.75) is 0 Å². The number of imidazole rings is 1. The van der Waals surface area contributed by atoms with Crippen LogP contribution in [0.4, 0.5) is 19.0 Å². The van der Waals surface area contributed by atoms with Crippen LogP contribution in [-0.4, -0.2) is 22.6 Å². The third-order valence-electron chi connectivity index (χ3n) is 2.46. The Morgan fingerprint density at radius 3 is 2.63 bits per heavy atom. The second-order valence-corrected chi connectivity index (χ2v) is 3.53. The summed E-state index contributed by atoms with van der Waals surface area (Å²) in [5.74, 6) is -5.45. The van der Waals surface area contributed by atoms with E-state index in [-0.39, 0.29) is 17.2 Å². The van der Waals surface area contributed by atoms with Crippen LogP contribution < -0.4 is 5.73 Å². The van der Waals surface area contributed by atoms with Gasteiger partial charge in [-0.3, -0.25) is 4.57 Å². The van der Waals surface area contributed by atoms with Crippen molar-refractivity contribution < 1.29 is 22.7 Å². The summed E-state index contributed by atoms with van der Waals surface area (Å²) < 4.78 is 44.9. The highest BCUT2D eigenvalue weighted by Gasteiger charge is 2.21. The summed E-state index contributed by atoms with van der Waals surface area (Å²) in [5.41, 5.74) is 4.98. The maximum atomic E-state index is 13.6. The third kappa shape index (κ3) is 2.01. The maximum Gasteiger partial charge on any atom is 0.360 e. The lowest BCUT2D eigenvalue weighted by Crippen LogP contribution is -2.09. The van der Waals surface area contributed by atoms with Gasteiger partial charge < -0.3 is 10.5 Å². The van der Waals surface area contributed by atoms with Crippen LogP contribution in [-0.2, 0) is 4.74 Å². The van der Waals surface area contributed by atoms with Crippen molar-refractivity contribution in [3.05, 3.63) is 41.6 Å². The molecule has 0 amide bonds. The van der Waals surface area contributed by atoms with E-state index in [0.717, 1.165) is 30.1 Å². The van der Waals surface area contributed by atoms with Crippen LogP contribution in [0.1, 0.15) is 10.5 Å². The van der Waals surface area contributed by atoms with Gasteiger partial charge in [0.1, 0.15) is 12.1 Å². The number of methoxy groups -OCH3 is 1. The highest BCUT2D eigenvalue weighted by atomic mass is 19.2. The normalized spacial score (nSPS) is 10.5. The highest BCUT2D eigenvalue weighted by Crippen LogP contribution is 2.23. The Balaban J connectivity index is 2.58.